The average molecular weight is 491 g/mol. The van der Waals surface area contributed by atoms with Crippen molar-refractivity contribution in [1.29, 1.82) is 0 Å². The number of likely N-dealkylation sites (tertiary alicyclic amines) is 1. The molecule has 8 heteroatoms. The van der Waals surface area contributed by atoms with Crippen molar-refractivity contribution in [1.82, 2.24) is 10.2 Å². The minimum absolute atomic E-state index is 0.00254. The zero-order chi connectivity index (χ0) is 25.3. The second-order valence-corrected chi connectivity index (χ2v) is 10.0. The monoisotopic (exact) mass is 490 g/mol. The number of ether oxygens (including phenoxy) is 1. The van der Waals surface area contributed by atoms with E-state index >= 15 is 0 Å². The summed E-state index contributed by atoms with van der Waals surface area (Å²) in [6.45, 7) is 5.79. The van der Waals surface area contributed by atoms with Gasteiger partial charge in [-0.25, -0.2) is 0 Å². The fourth-order valence-corrected chi connectivity index (χ4v) is 5.01. The maximum Gasteiger partial charge on any atom is 0.407 e. The number of piperidine rings is 1. The van der Waals surface area contributed by atoms with E-state index in [-0.39, 0.29) is 17.9 Å². The lowest BCUT2D eigenvalue weighted by molar-refractivity contribution is -0.164. The molecule has 2 heterocycles. The summed E-state index contributed by atoms with van der Waals surface area (Å²) < 4.78 is 53.0. The van der Waals surface area contributed by atoms with Crippen LogP contribution in [0.2, 0.25) is 0 Å². The topological polar surface area (TPSA) is 54.7 Å². The highest BCUT2D eigenvalue weighted by Crippen LogP contribution is 2.38. The van der Waals surface area contributed by atoms with Crippen LogP contribution in [0.15, 0.2) is 40.8 Å². The summed E-state index contributed by atoms with van der Waals surface area (Å²) in [6, 6.07) is 7.57. The van der Waals surface area contributed by atoms with Crippen LogP contribution in [0.25, 0.3) is 21.9 Å². The minimum atomic E-state index is -4.61. The molecule has 1 aliphatic heterocycles. The van der Waals surface area contributed by atoms with Crippen LogP contribution < -0.4 is 5.32 Å². The Hall–Kier alpha value is -2.58. The van der Waals surface area contributed by atoms with Crippen molar-refractivity contribution >= 4 is 27.9 Å². The van der Waals surface area contributed by atoms with Gasteiger partial charge in [0.05, 0.1) is 7.11 Å². The smallest absolute Gasteiger partial charge is 0.407 e. The van der Waals surface area contributed by atoms with Crippen molar-refractivity contribution in [3.05, 3.63) is 47.5 Å². The Morgan fingerprint density at radius 2 is 1.83 bits per heavy atom. The molecule has 35 heavy (non-hydrogen) atoms. The normalized spacial score (nSPS) is 17.8. The van der Waals surface area contributed by atoms with Crippen LogP contribution in [0.5, 0.6) is 0 Å². The number of hydrogen-bond donors (Lipinski definition) is 1. The number of halogens is 3. The Bertz CT molecular complexity index is 1180. The Kier molecular flexibility index (Phi) is 7.43. The third kappa shape index (κ3) is 5.64. The first-order chi connectivity index (χ1) is 16.6. The number of alkyl halides is 3. The molecule has 1 fully saturated rings. The summed E-state index contributed by atoms with van der Waals surface area (Å²) in [4.78, 5) is 14.5. The van der Waals surface area contributed by atoms with E-state index in [2.05, 4.69) is 29.4 Å². The van der Waals surface area contributed by atoms with E-state index in [9.17, 15) is 18.0 Å². The summed E-state index contributed by atoms with van der Waals surface area (Å²) in [5, 5.41) is 4.19. The highest BCUT2D eigenvalue weighted by atomic mass is 19.4. The highest BCUT2D eigenvalue weighted by molar-refractivity contribution is 6.05. The SMILES string of the molecule is COC(=O)[C@H](CC(C)C)N[C@@H](c1ccc2c(c1)oc1ccc(C3CCN(C)CC3)cc12)C(F)(F)F. The second-order valence-electron chi connectivity index (χ2n) is 10.0. The molecule has 0 radical (unpaired) electrons. The summed E-state index contributed by atoms with van der Waals surface area (Å²) in [6.07, 6.45) is -2.21. The number of carbonyl (C=O) groups is 1. The number of carbonyl (C=O) groups excluding carboxylic acids is 1. The molecule has 2 aromatic carbocycles. The molecule has 0 bridgehead atoms. The molecule has 3 aromatic rings. The molecule has 0 unspecified atom stereocenters. The predicted molar refractivity (Wildman–Crippen MR) is 130 cm³/mol. The molecular weight excluding hydrogens is 457 g/mol. The molecule has 1 saturated heterocycles. The number of esters is 1. The van der Waals surface area contributed by atoms with Crippen LogP contribution in [0, 0.1) is 5.92 Å². The third-order valence-corrected chi connectivity index (χ3v) is 6.93. The summed E-state index contributed by atoms with van der Waals surface area (Å²) >= 11 is 0. The first-order valence-corrected chi connectivity index (χ1v) is 12.1. The van der Waals surface area contributed by atoms with Gasteiger partial charge >= 0.3 is 12.1 Å². The lowest BCUT2D eigenvalue weighted by Gasteiger charge is -2.29. The quantitative estimate of drug-likeness (QED) is 0.401. The van der Waals surface area contributed by atoms with Crippen LogP contribution >= 0.6 is 0 Å². The summed E-state index contributed by atoms with van der Waals surface area (Å²) in [5.74, 6) is -0.230. The number of furan rings is 1. The Morgan fingerprint density at radius 1 is 1.11 bits per heavy atom. The lowest BCUT2D eigenvalue weighted by atomic mass is 9.89. The molecule has 190 valence electrons. The number of methoxy groups -OCH3 is 1. The minimum Gasteiger partial charge on any atom is -0.468 e. The molecule has 1 N–H and O–H groups in total. The first kappa shape index (κ1) is 25.5. The number of rotatable bonds is 7. The summed E-state index contributed by atoms with van der Waals surface area (Å²) in [5.41, 5.74) is 2.28. The molecular formula is C27H33F3N2O3. The van der Waals surface area contributed by atoms with Crippen molar-refractivity contribution in [2.75, 3.05) is 27.2 Å². The van der Waals surface area contributed by atoms with Crippen LogP contribution in [0.3, 0.4) is 0 Å². The molecule has 0 aliphatic carbocycles. The van der Waals surface area contributed by atoms with E-state index < -0.39 is 24.2 Å². The van der Waals surface area contributed by atoms with Crippen LogP contribution in [-0.2, 0) is 9.53 Å². The number of nitrogens with one attached hydrogen (secondary N) is 1. The molecule has 2 atom stereocenters. The fourth-order valence-electron chi connectivity index (χ4n) is 5.01. The Morgan fingerprint density at radius 3 is 2.46 bits per heavy atom. The van der Waals surface area contributed by atoms with Gasteiger partial charge in [-0.15, -0.1) is 0 Å². The van der Waals surface area contributed by atoms with E-state index in [4.69, 9.17) is 9.15 Å². The predicted octanol–water partition coefficient (Wildman–Crippen LogP) is 6.18. The average Bonchev–Trinajstić information content (AvgIpc) is 3.17. The van der Waals surface area contributed by atoms with Crippen molar-refractivity contribution < 1.29 is 27.1 Å². The lowest BCUT2D eigenvalue weighted by Crippen LogP contribution is -2.45. The van der Waals surface area contributed by atoms with E-state index in [0.29, 0.717) is 17.1 Å². The van der Waals surface area contributed by atoms with Crippen LogP contribution in [-0.4, -0.2) is 50.3 Å². The number of benzene rings is 2. The van der Waals surface area contributed by atoms with Gasteiger partial charge in [0.25, 0.3) is 0 Å². The summed E-state index contributed by atoms with van der Waals surface area (Å²) in [7, 11) is 3.31. The molecule has 0 spiro atoms. The third-order valence-electron chi connectivity index (χ3n) is 6.93. The number of fused-ring (bicyclic) bond motifs is 3. The van der Waals surface area contributed by atoms with Gasteiger partial charge in [-0.2, -0.15) is 13.2 Å². The molecule has 4 rings (SSSR count). The van der Waals surface area contributed by atoms with Gasteiger partial charge in [-0.3, -0.25) is 10.1 Å². The first-order valence-electron chi connectivity index (χ1n) is 12.1. The molecule has 1 aromatic heterocycles. The van der Waals surface area contributed by atoms with E-state index in [1.54, 1.807) is 6.07 Å². The van der Waals surface area contributed by atoms with E-state index in [1.807, 2.05) is 19.9 Å². The number of hydrogen-bond acceptors (Lipinski definition) is 5. The van der Waals surface area contributed by atoms with Crippen molar-refractivity contribution in [3.8, 4) is 0 Å². The van der Waals surface area contributed by atoms with Crippen molar-refractivity contribution in [3.63, 3.8) is 0 Å². The van der Waals surface area contributed by atoms with E-state index in [0.717, 1.165) is 36.7 Å². The van der Waals surface area contributed by atoms with Gasteiger partial charge < -0.3 is 14.1 Å². The van der Waals surface area contributed by atoms with Crippen LogP contribution in [0.1, 0.15) is 56.2 Å². The zero-order valence-electron chi connectivity index (χ0n) is 20.6. The molecule has 1 aliphatic rings. The Balaban J connectivity index is 1.68. The highest BCUT2D eigenvalue weighted by Gasteiger charge is 2.43. The maximum absolute atomic E-state index is 14.1. The zero-order valence-corrected chi connectivity index (χ0v) is 20.6. The van der Waals surface area contributed by atoms with Crippen molar-refractivity contribution in [2.45, 2.75) is 57.3 Å². The van der Waals surface area contributed by atoms with E-state index in [1.165, 1.54) is 24.8 Å². The maximum atomic E-state index is 14.1. The van der Waals surface area contributed by atoms with Crippen LogP contribution in [0.4, 0.5) is 13.2 Å². The molecule has 0 saturated carbocycles. The fraction of sp³-hybridized carbons (Fsp3) is 0.519. The number of nitrogens with zero attached hydrogens (tertiary/aromatic N) is 1. The molecule has 0 amide bonds. The molecule has 5 nitrogen and oxygen atoms in total. The van der Waals surface area contributed by atoms with Crippen molar-refractivity contribution in [2.24, 2.45) is 5.92 Å². The van der Waals surface area contributed by atoms with Gasteiger partial charge in [0, 0.05) is 10.8 Å². The Labute approximate surface area is 203 Å². The van der Waals surface area contributed by atoms with Gasteiger partial charge in [-0.1, -0.05) is 32.0 Å². The van der Waals surface area contributed by atoms with Gasteiger partial charge in [0.2, 0.25) is 0 Å². The van der Waals surface area contributed by atoms with Gasteiger partial charge in [-0.05, 0) is 80.6 Å². The van der Waals surface area contributed by atoms with Gasteiger partial charge in [0.15, 0.2) is 0 Å². The second kappa shape index (κ2) is 10.2. The standard InChI is InChI=1S/C27H33F3N2O3/c1-16(2)13-22(26(33)34-4)31-25(27(28,29)30)19-5-7-20-21-14-18(17-9-11-32(3)12-10-17)6-8-23(21)35-24(20)15-19/h5-8,14-17,22,25,31H,9-13H2,1-4H3/t22-,25-/m0/s1. The van der Waals surface area contributed by atoms with Gasteiger partial charge in [0.1, 0.15) is 23.2 Å². The largest absolute Gasteiger partial charge is 0.468 e.